The van der Waals surface area contributed by atoms with Gasteiger partial charge in [-0.1, -0.05) is 70.6 Å². The van der Waals surface area contributed by atoms with E-state index in [1.54, 1.807) is 0 Å². The average Bonchev–Trinajstić information content (AvgIpc) is 2.20. The Balaban J connectivity index is 1.97. The van der Waals surface area contributed by atoms with Gasteiger partial charge < -0.3 is 5.11 Å². The number of rotatable bonds is 6. The molecule has 15 heavy (non-hydrogen) atoms. The topological polar surface area (TPSA) is 20.2 Å². The van der Waals surface area contributed by atoms with E-state index in [1.165, 1.54) is 70.6 Å². The third-order valence-corrected chi connectivity index (χ3v) is 3.75. The van der Waals surface area contributed by atoms with E-state index < -0.39 is 0 Å². The largest absolute Gasteiger partial charge is 0.396 e. The van der Waals surface area contributed by atoms with Crippen LogP contribution in [0.25, 0.3) is 0 Å². The van der Waals surface area contributed by atoms with Crippen LogP contribution in [-0.4, -0.2) is 11.7 Å². The molecule has 1 N–H and O–H groups in total. The normalized spacial score (nSPS) is 19.8. The minimum Gasteiger partial charge on any atom is -0.396 e. The van der Waals surface area contributed by atoms with Gasteiger partial charge in [0.25, 0.3) is 0 Å². The fourth-order valence-electron chi connectivity index (χ4n) is 2.73. The molecule has 1 nitrogen and oxygen atoms in total. The Bertz CT molecular complexity index is 125. The van der Waals surface area contributed by atoms with Crippen molar-refractivity contribution in [3.63, 3.8) is 0 Å². The summed E-state index contributed by atoms with van der Waals surface area (Å²) in [6, 6.07) is 0. The van der Waals surface area contributed by atoms with Crippen LogP contribution in [0.1, 0.15) is 77.0 Å². The SMILES string of the molecule is OCCCCCCC1CCCCCCC1. The lowest BCUT2D eigenvalue weighted by atomic mass is 9.87. The smallest absolute Gasteiger partial charge is 0.0431 e. The minimum atomic E-state index is 0.378. The first-order valence-electron chi connectivity index (χ1n) is 7.04. The van der Waals surface area contributed by atoms with Crippen LogP contribution in [0.2, 0.25) is 0 Å². The van der Waals surface area contributed by atoms with E-state index in [4.69, 9.17) is 5.11 Å². The monoisotopic (exact) mass is 212 g/mol. The van der Waals surface area contributed by atoms with Gasteiger partial charge in [0.2, 0.25) is 0 Å². The Hall–Kier alpha value is -0.0400. The van der Waals surface area contributed by atoms with Crippen molar-refractivity contribution in [2.75, 3.05) is 6.61 Å². The molecule has 1 aliphatic rings. The molecule has 1 saturated carbocycles. The van der Waals surface area contributed by atoms with Gasteiger partial charge in [-0.25, -0.2) is 0 Å². The maximum Gasteiger partial charge on any atom is 0.0431 e. The summed E-state index contributed by atoms with van der Waals surface area (Å²) >= 11 is 0. The molecule has 1 fully saturated rings. The van der Waals surface area contributed by atoms with E-state index in [2.05, 4.69) is 0 Å². The molecule has 0 radical (unpaired) electrons. The molecule has 0 bridgehead atoms. The lowest BCUT2D eigenvalue weighted by Gasteiger charge is -2.19. The van der Waals surface area contributed by atoms with Crippen molar-refractivity contribution in [3.8, 4) is 0 Å². The van der Waals surface area contributed by atoms with E-state index in [1.807, 2.05) is 0 Å². The Labute approximate surface area is 95.3 Å². The molecule has 0 aromatic rings. The summed E-state index contributed by atoms with van der Waals surface area (Å²) in [5.74, 6) is 1.03. The number of aliphatic hydroxyl groups is 1. The molecule has 0 aromatic heterocycles. The van der Waals surface area contributed by atoms with Crippen LogP contribution < -0.4 is 0 Å². The van der Waals surface area contributed by atoms with Gasteiger partial charge in [-0.15, -0.1) is 0 Å². The van der Waals surface area contributed by atoms with Crippen LogP contribution in [0.15, 0.2) is 0 Å². The molecular formula is C14H28O. The highest BCUT2D eigenvalue weighted by molar-refractivity contribution is 4.64. The lowest BCUT2D eigenvalue weighted by molar-refractivity contribution is 0.280. The van der Waals surface area contributed by atoms with Gasteiger partial charge in [0.15, 0.2) is 0 Å². The van der Waals surface area contributed by atoms with Crippen LogP contribution in [0, 0.1) is 5.92 Å². The van der Waals surface area contributed by atoms with Crippen molar-refractivity contribution in [1.29, 1.82) is 0 Å². The van der Waals surface area contributed by atoms with Gasteiger partial charge in [0.1, 0.15) is 0 Å². The zero-order valence-corrected chi connectivity index (χ0v) is 10.2. The second-order valence-electron chi connectivity index (χ2n) is 5.14. The highest BCUT2D eigenvalue weighted by Crippen LogP contribution is 2.26. The minimum absolute atomic E-state index is 0.378. The number of hydrogen-bond acceptors (Lipinski definition) is 1. The van der Waals surface area contributed by atoms with Crippen LogP contribution in [0.5, 0.6) is 0 Å². The van der Waals surface area contributed by atoms with Gasteiger partial charge in [-0.3, -0.25) is 0 Å². The van der Waals surface area contributed by atoms with E-state index in [-0.39, 0.29) is 0 Å². The van der Waals surface area contributed by atoms with Crippen molar-refractivity contribution in [3.05, 3.63) is 0 Å². The van der Waals surface area contributed by atoms with Gasteiger partial charge in [-0.2, -0.15) is 0 Å². The van der Waals surface area contributed by atoms with Gasteiger partial charge in [0, 0.05) is 6.61 Å². The van der Waals surface area contributed by atoms with E-state index in [0.29, 0.717) is 6.61 Å². The van der Waals surface area contributed by atoms with Crippen molar-refractivity contribution < 1.29 is 5.11 Å². The number of aliphatic hydroxyl groups excluding tert-OH is 1. The zero-order chi connectivity index (χ0) is 10.8. The van der Waals surface area contributed by atoms with Crippen molar-refractivity contribution in [1.82, 2.24) is 0 Å². The number of hydrogen-bond donors (Lipinski definition) is 1. The molecule has 0 aliphatic heterocycles. The molecule has 0 atom stereocenters. The van der Waals surface area contributed by atoms with Crippen LogP contribution in [0.4, 0.5) is 0 Å². The summed E-state index contributed by atoms with van der Waals surface area (Å²) in [5.41, 5.74) is 0. The molecule has 1 aliphatic carbocycles. The van der Waals surface area contributed by atoms with Crippen LogP contribution in [0.3, 0.4) is 0 Å². The first-order valence-corrected chi connectivity index (χ1v) is 7.04. The molecule has 0 unspecified atom stereocenters. The predicted molar refractivity (Wildman–Crippen MR) is 66.0 cm³/mol. The molecule has 0 saturated heterocycles. The van der Waals surface area contributed by atoms with Gasteiger partial charge in [0.05, 0.1) is 0 Å². The van der Waals surface area contributed by atoms with Crippen molar-refractivity contribution >= 4 is 0 Å². The molecule has 0 amide bonds. The summed E-state index contributed by atoms with van der Waals surface area (Å²) in [6.07, 6.45) is 16.7. The van der Waals surface area contributed by atoms with Crippen LogP contribution in [-0.2, 0) is 0 Å². The molecule has 0 heterocycles. The molecule has 0 spiro atoms. The molecule has 1 rings (SSSR count). The van der Waals surface area contributed by atoms with E-state index in [0.717, 1.165) is 12.3 Å². The fraction of sp³-hybridized carbons (Fsp3) is 1.00. The first-order chi connectivity index (χ1) is 7.43. The Morgan fingerprint density at radius 2 is 1.33 bits per heavy atom. The molecular weight excluding hydrogens is 184 g/mol. The summed E-state index contributed by atoms with van der Waals surface area (Å²) in [6.45, 7) is 0.378. The second kappa shape index (κ2) is 9.21. The third kappa shape index (κ3) is 6.94. The summed E-state index contributed by atoms with van der Waals surface area (Å²) in [7, 11) is 0. The average molecular weight is 212 g/mol. The van der Waals surface area contributed by atoms with Gasteiger partial charge >= 0.3 is 0 Å². The quantitative estimate of drug-likeness (QED) is 0.651. The molecule has 90 valence electrons. The lowest BCUT2D eigenvalue weighted by Crippen LogP contribution is -2.03. The third-order valence-electron chi connectivity index (χ3n) is 3.75. The fourth-order valence-corrected chi connectivity index (χ4v) is 2.73. The molecule has 0 aromatic carbocycles. The predicted octanol–water partition coefficient (Wildman–Crippen LogP) is 4.29. The number of unbranched alkanes of at least 4 members (excludes halogenated alkanes) is 3. The summed E-state index contributed by atoms with van der Waals surface area (Å²) in [5, 5.41) is 8.68. The zero-order valence-electron chi connectivity index (χ0n) is 10.2. The van der Waals surface area contributed by atoms with Crippen LogP contribution >= 0.6 is 0 Å². The Morgan fingerprint density at radius 1 is 0.733 bits per heavy atom. The van der Waals surface area contributed by atoms with Gasteiger partial charge in [-0.05, 0) is 12.3 Å². The second-order valence-corrected chi connectivity index (χ2v) is 5.14. The van der Waals surface area contributed by atoms with E-state index >= 15 is 0 Å². The Morgan fingerprint density at radius 3 is 2.00 bits per heavy atom. The summed E-state index contributed by atoms with van der Waals surface area (Å²) in [4.78, 5) is 0. The first kappa shape index (κ1) is 13.0. The highest BCUT2D eigenvalue weighted by Gasteiger charge is 2.10. The maximum absolute atomic E-state index is 8.68. The highest BCUT2D eigenvalue weighted by atomic mass is 16.2. The van der Waals surface area contributed by atoms with Crippen molar-refractivity contribution in [2.24, 2.45) is 5.92 Å². The van der Waals surface area contributed by atoms with Crippen molar-refractivity contribution in [2.45, 2.75) is 77.0 Å². The van der Waals surface area contributed by atoms with E-state index in [9.17, 15) is 0 Å². The Kier molecular flexibility index (Phi) is 7.99. The maximum atomic E-state index is 8.68. The standard InChI is InChI=1S/C14H28O/c15-13-9-5-4-8-12-14-10-6-2-1-3-7-11-14/h14-15H,1-13H2. The molecule has 1 heteroatoms. The summed E-state index contributed by atoms with van der Waals surface area (Å²) < 4.78 is 0.